The minimum Gasteiger partial charge on any atom is -0.496 e. The summed E-state index contributed by atoms with van der Waals surface area (Å²) in [6.45, 7) is 0.0566. The van der Waals surface area contributed by atoms with E-state index in [-0.39, 0.29) is 24.3 Å². The fourth-order valence-corrected chi connectivity index (χ4v) is 7.88. The molecule has 0 saturated carbocycles. The number of benzene rings is 4. The van der Waals surface area contributed by atoms with E-state index < -0.39 is 23.4 Å². The average Bonchev–Trinajstić information content (AvgIpc) is 3.73. The van der Waals surface area contributed by atoms with Crippen LogP contribution in [0.25, 0.3) is 6.08 Å². The van der Waals surface area contributed by atoms with E-state index in [9.17, 15) is 9.59 Å². The topological polar surface area (TPSA) is 94.2 Å². The van der Waals surface area contributed by atoms with Gasteiger partial charge < -0.3 is 24.4 Å². The van der Waals surface area contributed by atoms with Gasteiger partial charge in [0, 0.05) is 22.5 Å². The fraction of sp³-hybridized carbons (Fsp3) is 0.171. The molecule has 1 N–H and O–H groups in total. The highest BCUT2D eigenvalue weighted by Crippen LogP contribution is 2.58. The number of rotatable bonds is 5. The highest BCUT2D eigenvalue weighted by atomic mass is 79.9. The summed E-state index contributed by atoms with van der Waals surface area (Å²) in [7, 11) is 1.56. The van der Waals surface area contributed by atoms with Crippen molar-refractivity contribution in [1.82, 2.24) is 0 Å². The Morgan fingerprint density at radius 2 is 1.68 bits per heavy atom. The molecule has 4 aliphatic heterocycles. The lowest BCUT2D eigenvalue weighted by Crippen LogP contribution is -2.51. The third-order valence-electron chi connectivity index (χ3n) is 9.19. The van der Waals surface area contributed by atoms with Crippen molar-refractivity contribution in [1.29, 1.82) is 0 Å². The van der Waals surface area contributed by atoms with E-state index in [0.29, 0.717) is 44.1 Å². The summed E-state index contributed by atoms with van der Waals surface area (Å²) in [5, 5.41) is 3.06. The van der Waals surface area contributed by atoms with Crippen LogP contribution in [0.1, 0.15) is 31.8 Å². The summed E-state index contributed by atoms with van der Waals surface area (Å²) in [5.41, 5.74) is 2.32. The Balaban J connectivity index is 1.40. The van der Waals surface area contributed by atoms with Crippen LogP contribution in [-0.4, -0.2) is 43.5 Å². The van der Waals surface area contributed by atoms with E-state index in [1.165, 1.54) is 0 Å². The molecule has 0 aliphatic carbocycles. The van der Waals surface area contributed by atoms with Crippen LogP contribution in [0.3, 0.4) is 0 Å². The van der Waals surface area contributed by atoms with Crippen molar-refractivity contribution >= 4 is 50.9 Å². The first-order chi connectivity index (χ1) is 21.4. The zero-order chi connectivity index (χ0) is 30.2. The Labute approximate surface area is 261 Å². The molecule has 218 valence electrons. The molecule has 4 aromatic rings. The standard InChI is InChI=1S/C35H25BrN2O6/c1-42-26-13-10-20(16-23(26)36)33(40)31-30(32(39)21-11-14-27-28(17-21)44-18-43-27)35(22-7-3-4-8-24(22)37-34(35)41)29-15-12-19-6-2-5-9-25(19)38(29)31/h2-17,29-31H,18H2,1H3,(H,37,41)/t29-,30-,31+,35+/m1/s1. The normalized spacial score (nSPS) is 23.6. The van der Waals surface area contributed by atoms with Crippen molar-refractivity contribution < 1.29 is 28.6 Å². The van der Waals surface area contributed by atoms with Gasteiger partial charge >= 0.3 is 0 Å². The van der Waals surface area contributed by atoms with Gasteiger partial charge in [-0.3, -0.25) is 14.4 Å². The first-order valence-corrected chi connectivity index (χ1v) is 15.0. The lowest BCUT2D eigenvalue weighted by Gasteiger charge is -2.37. The van der Waals surface area contributed by atoms with Gasteiger partial charge in [0.05, 0.1) is 23.5 Å². The van der Waals surface area contributed by atoms with Crippen molar-refractivity contribution in [2.75, 3.05) is 24.1 Å². The fourth-order valence-electron chi connectivity index (χ4n) is 7.34. The van der Waals surface area contributed by atoms with E-state index >= 15 is 4.79 Å². The molecule has 44 heavy (non-hydrogen) atoms. The lowest BCUT2D eigenvalue weighted by atomic mass is 9.64. The average molecular weight is 649 g/mol. The molecule has 1 fully saturated rings. The van der Waals surface area contributed by atoms with Crippen LogP contribution in [0.2, 0.25) is 0 Å². The van der Waals surface area contributed by atoms with Gasteiger partial charge in [-0.1, -0.05) is 48.6 Å². The predicted molar refractivity (Wildman–Crippen MR) is 168 cm³/mol. The zero-order valence-electron chi connectivity index (χ0n) is 23.5. The van der Waals surface area contributed by atoms with Crippen LogP contribution in [0, 0.1) is 5.92 Å². The number of carbonyl (C=O) groups excluding carboxylic acids is 3. The number of carbonyl (C=O) groups is 3. The number of ketones is 2. The van der Waals surface area contributed by atoms with Crippen LogP contribution in [0.5, 0.6) is 17.2 Å². The quantitative estimate of drug-likeness (QED) is 0.264. The van der Waals surface area contributed by atoms with E-state index in [1.54, 1.807) is 43.5 Å². The molecular formula is C35H25BrN2O6. The van der Waals surface area contributed by atoms with E-state index in [0.717, 1.165) is 11.3 Å². The highest BCUT2D eigenvalue weighted by Gasteiger charge is 2.70. The van der Waals surface area contributed by atoms with Crippen molar-refractivity contribution in [3.05, 3.63) is 118 Å². The first-order valence-electron chi connectivity index (χ1n) is 14.2. The van der Waals surface area contributed by atoms with E-state index in [4.69, 9.17) is 14.2 Å². The summed E-state index contributed by atoms with van der Waals surface area (Å²) < 4.78 is 17.1. The molecule has 1 amide bonds. The Bertz CT molecular complexity index is 1940. The number of nitrogens with zero attached hydrogens (tertiary/aromatic N) is 1. The number of amides is 1. The maximum absolute atomic E-state index is 15.0. The van der Waals surface area contributed by atoms with Crippen LogP contribution in [-0.2, 0) is 10.2 Å². The Morgan fingerprint density at radius 3 is 2.52 bits per heavy atom. The van der Waals surface area contributed by atoms with Crippen molar-refractivity contribution in [3.63, 3.8) is 0 Å². The molecule has 8 rings (SSSR count). The third kappa shape index (κ3) is 3.59. The third-order valence-corrected chi connectivity index (χ3v) is 9.81. The molecule has 0 bridgehead atoms. The highest BCUT2D eigenvalue weighted by molar-refractivity contribution is 9.10. The smallest absolute Gasteiger partial charge is 0.238 e. The van der Waals surface area contributed by atoms with Gasteiger partial charge in [-0.15, -0.1) is 0 Å². The minimum absolute atomic E-state index is 0.0566. The summed E-state index contributed by atoms with van der Waals surface area (Å²) in [6.07, 6.45) is 3.94. The van der Waals surface area contributed by atoms with E-state index in [2.05, 4.69) is 21.2 Å². The largest absolute Gasteiger partial charge is 0.496 e. The van der Waals surface area contributed by atoms with Crippen LogP contribution in [0.4, 0.5) is 11.4 Å². The SMILES string of the molecule is COc1ccc(C(=O)[C@@H]2[C@H](C(=O)c3ccc4c(c3)OCO4)[C@@]3(C(=O)Nc4ccccc43)[C@H]3C=Cc4ccccc4N23)cc1Br. The molecule has 4 aromatic carbocycles. The van der Waals surface area contributed by atoms with Gasteiger partial charge in [0.25, 0.3) is 0 Å². The maximum Gasteiger partial charge on any atom is 0.238 e. The summed E-state index contributed by atoms with van der Waals surface area (Å²) in [5.74, 6) is -0.465. The first kappa shape index (κ1) is 26.7. The molecule has 4 aliphatic rings. The number of nitrogens with one attached hydrogen (secondary N) is 1. The molecule has 0 radical (unpaired) electrons. The molecule has 0 unspecified atom stereocenters. The van der Waals surface area contributed by atoms with Crippen molar-refractivity contribution in [2.24, 2.45) is 5.92 Å². The van der Waals surface area contributed by atoms with Gasteiger partial charge in [0.1, 0.15) is 17.2 Å². The molecule has 4 atom stereocenters. The zero-order valence-corrected chi connectivity index (χ0v) is 25.0. The van der Waals surface area contributed by atoms with Gasteiger partial charge in [-0.25, -0.2) is 0 Å². The second-order valence-corrected chi connectivity index (χ2v) is 12.1. The number of Topliss-reactive ketones (excluding diaryl/α,β-unsaturated/α-hetero) is 2. The van der Waals surface area contributed by atoms with Gasteiger partial charge in [-0.05, 0) is 75.6 Å². The van der Waals surface area contributed by atoms with Crippen LogP contribution in [0.15, 0.2) is 95.5 Å². The maximum atomic E-state index is 15.0. The number of halogens is 1. The van der Waals surface area contributed by atoms with Crippen LogP contribution < -0.4 is 24.4 Å². The molecule has 8 nitrogen and oxygen atoms in total. The summed E-state index contributed by atoms with van der Waals surface area (Å²) in [4.78, 5) is 46.4. The van der Waals surface area contributed by atoms with E-state index in [1.807, 2.05) is 65.6 Å². The molecule has 4 heterocycles. The number of para-hydroxylation sites is 2. The number of methoxy groups -OCH3 is 1. The van der Waals surface area contributed by atoms with Gasteiger partial charge in [0.2, 0.25) is 12.7 Å². The van der Waals surface area contributed by atoms with Crippen LogP contribution >= 0.6 is 15.9 Å². The number of fused-ring (bicyclic) bond motifs is 7. The molecule has 1 saturated heterocycles. The Morgan fingerprint density at radius 1 is 0.932 bits per heavy atom. The summed E-state index contributed by atoms with van der Waals surface area (Å²) >= 11 is 3.52. The summed E-state index contributed by atoms with van der Waals surface area (Å²) in [6, 6.07) is 23.7. The second-order valence-electron chi connectivity index (χ2n) is 11.2. The Hall–Kier alpha value is -4.89. The number of anilines is 2. The van der Waals surface area contributed by atoms with Crippen molar-refractivity contribution in [3.8, 4) is 17.2 Å². The number of ether oxygens (including phenoxy) is 3. The second kappa shape index (κ2) is 9.82. The number of hydrogen-bond acceptors (Lipinski definition) is 7. The molecular weight excluding hydrogens is 624 g/mol. The lowest BCUT2D eigenvalue weighted by molar-refractivity contribution is -0.121. The molecule has 1 spiro atoms. The Kier molecular flexibility index (Phi) is 5.96. The monoisotopic (exact) mass is 648 g/mol. The minimum atomic E-state index is -1.40. The molecule has 0 aromatic heterocycles. The van der Waals surface area contributed by atoms with Gasteiger partial charge in [-0.2, -0.15) is 0 Å². The molecule has 9 heteroatoms. The predicted octanol–water partition coefficient (Wildman–Crippen LogP) is 6.04. The van der Waals surface area contributed by atoms with Gasteiger partial charge in [0.15, 0.2) is 23.1 Å². The van der Waals surface area contributed by atoms with Crippen molar-refractivity contribution in [2.45, 2.75) is 17.5 Å². The number of hydrogen-bond donors (Lipinski definition) is 1.